The molecule has 1 N–H and O–H groups in total. The Hall–Kier alpha value is -1.34. The van der Waals surface area contributed by atoms with Crippen LogP contribution in [-0.4, -0.2) is 13.1 Å². The monoisotopic (exact) mass is 239 g/mol. The summed E-state index contributed by atoms with van der Waals surface area (Å²) in [6, 6.07) is 16.4. The van der Waals surface area contributed by atoms with Gasteiger partial charge in [-0.2, -0.15) is 0 Å². The highest BCUT2D eigenvalue weighted by Gasteiger charge is 2.21. The molecule has 0 aliphatic heterocycles. The highest BCUT2D eigenvalue weighted by molar-refractivity contribution is 5.83. The van der Waals surface area contributed by atoms with Gasteiger partial charge in [0.25, 0.3) is 0 Å². The Balaban J connectivity index is 1.82. The van der Waals surface area contributed by atoms with Gasteiger partial charge in [0.1, 0.15) is 0 Å². The lowest BCUT2D eigenvalue weighted by atomic mass is 9.81. The lowest BCUT2D eigenvalue weighted by Gasteiger charge is -2.28. The molecule has 0 unspecified atom stereocenters. The molecule has 1 saturated carbocycles. The van der Waals surface area contributed by atoms with Crippen LogP contribution >= 0.6 is 0 Å². The topological polar surface area (TPSA) is 12.0 Å². The van der Waals surface area contributed by atoms with Crippen molar-refractivity contribution in [1.29, 1.82) is 0 Å². The van der Waals surface area contributed by atoms with E-state index in [9.17, 15) is 0 Å². The molecule has 0 spiro atoms. The minimum atomic E-state index is 0.738. The number of rotatable bonds is 2. The zero-order valence-electron chi connectivity index (χ0n) is 11.0. The molecule has 0 aromatic heterocycles. The van der Waals surface area contributed by atoms with Crippen LogP contribution in [0.5, 0.6) is 0 Å². The van der Waals surface area contributed by atoms with Gasteiger partial charge in [-0.15, -0.1) is 0 Å². The van der Waals surface area contributed by atoms with Crippen LogP contribution in [0.1, 0.15) is 37.2 Å². The number of hydrogen-bond donors (Lipinski definition) is 1. The van der Waals surface area contributed by atoms with Gasteiger partial charge in [0.15, 0.2) is 0 Å². The summed E-state index contributed by atoms with van der Waals surface area (Å²) < 4.78 is 0. The average Bonchev–Trinajstić information content (AvgIpc) is 2.47. The molecule has 1 aliphatic carbocycles. The van der Waals surface area contributed by atoms with Crippen molar-refractivity contribution in [3.05, 3.63) is 48.0 Å². The van der Waals surface area contributed by atoms with E-state index in [1.165, 1.54) is 42.0 Å². The van der Waals surface area contributed by atoms with Gasteiger partial charge in [0, 0.05) is 6.04 Å². The van der Waals surface area contributed by atoms with Crippen LogP contribution in [0, 0.1) is 0 Å². The summed E-state index contributed by atoms with van der Waals surface area (Å²) in [7, 11) is 2.08. The van der Waals surface area contributed by atoms with Crippen LogP contribution in [-0.2, 0) is 0 Å². The van der Waals surface area contributed by atoms with E-state index in [-0.39, 0.29) is 0 Å². The smallest absolute Gasteiger partial charge is 0.00644 e. The maximum absolute atomic E-state index is 3.41. The van der Waals surface area contributed by atoms with Crippen LogP contribution in [0.4, 0.5) is 0 Å². The number of benzene rings is 2. The molecule has 0 atom stereocenters. The molecule has 2 aromatic rings. The lowest BCUT2D eigenvalue weighted by molar-refractivity contribution is 0.359. The average molecular weight is 239 g/mol. The zero-order valence-corrected chi connectivity index (χ0v) is 11.0. The molecular formula is C17H21N. The Labute approximate surface area is 109 Å². The third-order valence-electron chi connectivity index (χ3n) is 4.38. The highest BCUT2D eigenvalue weighted by atomic mass is 14.9. The van der Waals surface area contributed by atoms with Crippen LogP contribution in [0.3, 0.4) is 0 Å². The quantitative estimate of drug-likeness (QED) is 0.832. The van der Waals surface area contributed by atoms with Crippen molar-refractivity contribution in [2.45, 2.75) is 37.6 Å². The molecule has 1 nitrogen and oxygen atoms in total. The van der Waals surface area contributed by atoms with Gasteiger partial charge < -0.3 is 5.32 Å². The zero-order chi connectivity index (χ0) is 12.4. The fraction of sp³-hybridized carbons (Fsp3) is 0.412. The third kappa shape index (κ3) is 2.28. The van der Waals surface area contributed by atoms with E-state index < -0.39 is 0 Å². The molecule has 0 heterocycles. The summed E-state index contributed by atoms with van der Waals surface area (Å²) in [6.07, 6.45) is 5.27. The van der Waals surface area contributed by atoms with Gasteiger partial charge in [-0.25, -0.2) is 0 Å². The van der Waals surface area contributed by atoms with Crippen LogP contribution in [0.15, 0.2) is 42.5 Å². The van der Waals surface area contributed by atoms with Crippen molar-refractivity contribution in [3.8, 4) is 0 Å². The van der Waals surface area contributed by atoms with E-state index in [1.54, 1.807) is 0 Å². The van der Waals surface area contributed by atoms with Crippen molar-refractivity contribution >= 4 is 10.8 Å². The molecular weight excluding hydrogens is 218 g/mol. The largest absolute Gasteiger partial charge is 0.317 e. The Morgan fingerprint density at radius 3 is 2.33 bits per heavy atom. The summed E-state index contributed by atoms with van der Waals surface area (Å²) in [5.74, 6) is 0.763. The standard InChI is InChI=1S/C17H21N/c1-18-17-10-8-14(9-11-17)16-7-6-13-4-2-3-5-15(13)12-16/h2-7,12,14,17-18H,8-11H2,1H3. The lowest BCUT2D eigenvalue weighted by Crippen LogP contribution is -2.29. The first-order valence-electron chi connectivity index (χ1n) is 7.03. The second kappa shape index (κ2) is 5.11. The van der Waals surface area contributed by atoms with Crippen molar-refractivity contribution in [2.75, 3.05) is 7.05 Å². The molecule has 1 aliphatic rings. The molecule has 3 rings (SSSR count). The SMILES string of the molecule is CNC1CCC(c2ccc3ccccc3c2)CC1. The van der Waals surface area contributed by atoms with Gasteiger partial charge in [-0.1, -0.05) is 42.5 Å². The van der Waals surface area contributed by atoms with E-state index in [4.69, 9.17) is 0 Å². The van der Waals surface area contributed by atoms with Crippen molar-refractivity contribution in [2.24, 2.45) is 0 Å². The Bertz CT molecular complexity index is 524. The molecule has 1 fully saturated rings. The molecule has 2 aromatic carbocycles. The number of nitrogens with one attached hydrogen (secondary N) is 1. The molecule has 0 amide bonds. The summed E-state index contributed by atoms with van der Waals surface area (Å²) >= 11 is 0. The minimum absolute atomic E-state index is 0.738. The fourth-order valence-corrected chi connectivity index (χ4v) is 3.18. The second-order valence-corrected chi connectivity index (χ2v) is 5.44. The van der Waals surface area contributed by atoms with E-state index in [1.807, 2.05) is 0 Å². The maximum atomic E-state index is 3.41. The minimum Gasteiger partial charge on any atom is -0.317 e. The summed E-state index contributed by atoms with van der Waals surface area (Å²) in [5, 5.41) is 6.14. The van der Waals surface area contributed by atoms with Crippen LogP contribution in [0.25, 0.3) is 10.8 Å². The summed E-state index contributed by atoms with van der Waals surface area (Å²) in [6.45, 7) is 0. The molecule has 0 radical (unpaired) electrons. The highest BCUT2D eigenvalue weighted by Crippen LogP contribution is 2.34. The van der Waals surface area contributed by atoms with Gasteiger partial charge in [0.2, 0.25) is 0 Å². The van der Waals surface area contributed by atoms with E-state index in [0.29, 0.717) is 0 Å². The molecule has 94 valence electrons. The number of hydrogen-bond acceptors (Lipinski definition) is 1. The molecule has 1 heteroatoms. The predicted molar refractivity (Wildman–Crippen MR) is 78.0 cm³/mol. The first-order valence-corrected chi connectivity index (χ1v) is 7.03. The Morgan fingerprint density at radius 1 is 0.889 bits per heavy atom. The first-order chi connectivity index (χ1) is 8.86. The summed E-state index contributed by atoms with van der Waals surface area (Å²) in [4.78, 5) is 0. The maximum Gasteiger partial charge on any atom is 0.00644 e. The van der Waals surface area contributed by atoms with Crippen LogP contribution in [0.2, 0.25) is 0 Å². The van der Waals surface area contributed by atoms with E-state index in [2.05, 4.69) is 54.8 Å². The Morgan fingerprint density at radius 2 is 1.61 bits per heavy atom. The Kier molecular flexibility index (Phi) is 3.33. The fourth-order valence-electron chi connectivity index (χ4n) is 3.18. The molecule has 18 heavy (non-hydrogen) atoms. The van der Waals surface area contributed by atoms with Gasteiger partial charge in [-0.05, 0) is 55.0 Å². The van der Waals surface area contributed by atoms with Crippen molar-refractivity contribution in [3.63, 3.8) is 0 Å². The van der Waals surface area contributed by atoms with Crippen molar-refractivity contribution in [1.82, 2.24) is 5.32 Å². The third-order valence-corrected chi connectivity index (χ3v) is 4.38. The van der Waals surface area contributed by atoms with E-state index in [0.717, 1.165) is 12.0 Å². The second-order valence-electron chi connectivity index (χ2n) is 5.44. The number of fused-ring (bicyclic) bond motifs is 1. The van der Waals surface area contributed by atoms with Gasteiger partial charge in [0.05, 0.1) is 0 Å². The van der Waals surface area contributed by atoms with Gasteiger partial charge >= 0.3 is 0 Å². The first kappa shape index (κ1) is 11.7. The van der Waals surface area contributed by atoms with Gasteiger partial charge in [-0.3, -0.25) is 0 Å². The van der Waals surface area contributed by atoms with Crippen molar-refractivity contribution < 1.29 is 0 Å². The van der Waals surface area contributed by atoms with E-state index >= 15 is 0 Å². The predicted octanol–water partition coefficient (Wildman–Crippen LogP) is 4.09. The van der Waals surface area contributed by atoms with Crippen LogP contribution < -0.4 is 5.32 Å². The summed E-state index contributed by atoms with van der Waals surface area (Å²) in [5.41, 5.74) is 1.53. The molecule has 0 saturated heterocycles. The molecule has 0 bridgehead atoms. The normalized spacial score (nSPS) is 24.3.